The van der Waals surface area contributed by atoms with Gasteiger partial charge in [-0.2, -0.15) is 0 Å². The number of hydrogen-bond donors (Lipinski definition) is 1. The number of benzene rings is 1. The molecule has 0 spiro atoms. The number of fused-ring (bicyclic) bond motifs is 1. The van der Waals surface area contributed by atoms with Gasteiger partial charge in [0.1, 0.15) is 0 Å². The molecule has 2 aromatic rings. The van der Waals surface area contributed by atoms with Crippen LogP contribution in [0.5, 0.6) is 0 Å². The average molecular weight is 367 g/mol. The Hall–Kier alpha value is -2.01. The summed E-state index contributed by atoms with van der Waals surface area (Å²) in [6.45, 7) is 6.01. The summed E-state index contributed by atoms with van der Waals surface area (Å²) in [5, 5.41) is 3.24. The molecule has 2 fully saturated rings. The number of nitrogens with one attached hydrogen (secondary N) is 1. The van der Waals surface area contributed by atoms with Crippen LogP contribution in [0, 0.1) is 13.8 Å². The molecule has 2 aliphatic rings. The second-order valence-electron chi connectivity index (χ2n) is 8.20. The van der Waals surface area contributed by atoms with Crippen molar-refractivity contribution in [2.24, 2.45) is 0 Å². The molecule has 1 saturated heterocycles. The summed E-state index contributed by atoms with van der Waals surface area (Å²) in [4.78, 5) is 24.5. The van der Waals surface area contributed by atoms with E-state index in [9.17, 15) is 4.79 Å². The van der Waals surface area contributed by atoms with Gasteiger partial charge in [-0.15, -0.1) is 0 Å². The number of aryl methyl sites for hydroxylation is 2. The molecule has 1 aliphatic carbocycles. The van der Waals surface area contributed by atoms with E-state index in [-0.39, 0.29) is 11.9 Å². The van der Waals surface area contributed by atoms with E-state index in [2.05, 4.69) is 20.2 Å². The highest BCUT2D eigenvalue weighted by molar-refractivity contribution is 5.97. The van der Waals surface area contributed by atoms with E-state index in [1.807, 2.05) is 32.0 Å². The predicted octanol–water partition coefficient (Wildman–Crippen LogP) is 3.77. The minimum Gasteiger partial charge on any atom is -0.348 e. The molecule has 1 atom stereocenters. The molecule has 4 rings (SSSR count). The van der Waals surface area contributed by atoms with Crippen molar-refractivity contribution in [3.63, 3.8) is 0 Å². The van der Waals surface area contributed by atoms with Crippen LogP contribution < -0.4 is 5.32 Å². The predicted molar refractivity (Wildman–Crippen MR) is 108 cm³/mol. The summed E-state index contributed by atoms with van der Waals surface area (Å²) in [5.74, 6) is 0.00430. The van der Waals surface area contributed by atoms with Crippen molar-refractivity contribution in [3.05, 3.63) is 35.2 Å². The molecule has 5 heteroatoms. The Morgan fingerprint density at radius 3 is 2.44 bits per heavy atom. The first-order chi connectivity index (χ1) is 13.1. The Bertz CT molecular complexity index is 826. The third-order valence-corrected chi connectivity index (χ3v) is 6.23. The SMILES string of the molecule is Cc1nc2ccc(C(=O)NC3CCN(C4CCCCCC4)C3)cc2nc1C. The van der Waals surface area contributed by atoms with Crippen molar-refractivity contribution >= 4 is 16.9 Å². The van der Waals surface area contributed by atoms with Crippen LogP contribution in [0.25, 0.3) is 11.0 Å². The van der Waals surface area contributed by atoms with E-state index in [4.69, 9.17) is 0 Å². The lowest BCUT2D eigenvalue weighted by Gasteiger charge is -2.26. The van der Waals surface area contributed by atoms with Crippen LogP contribution in [0.1, 0.15) is 66.7 Å². The fourth-order valence-corrected chi connectivity index (χ4v) is 4.50. The van der Waals surface area contributed by atoms with Gasteiger partial charge in [0, 0.05) is 30.7 Å². The topological polar surface area (TPSA) is 58.1 Å². The summed E-state index contributed by atoms with van der Waals surface area (Å²) in [6, 6.07) is 6.59. The van der Waals surface area contributed by atoms with Crippen LogP contribution in [0.3, 0.4) is 0 Å². The number of rotatable bonds is 3. The average Bonchev–Trinajstić information content (AvgIpc) is 2.95. The van der Waals surface area contributed by atoms with Gasteiger partial charge >= 0.3 is 0 Å². The monoisotopic (exact) mass is 366 g/mol. The lowest BCUT2D eigenvalue weighted by atomic mass is 10.1. The molecule has 144 valence electrons. The maximum absolute atomic E-state index is 12.8. The van der Waals surface area contributed by atoms with Crippen molar-refractivity contribution in [1.82, 2.24) is 20.2 Å². The van der Waals surface area contributed by atoms with Gasteiger partial charge in [-0.1, -0.05) is 25.7 Å². The summed E-state index contributed by atoms with van der Waals surface area (Å²) < 4.78 is 0. The van der Waals surface area contributed by atoms with E-state index >= 15 is 0 Å². The first-order valence-corrected chi connectivity index (χ1v) is 10.4. The third kappa shape index (κ3) is 4.13. The van der Waals surface area contributed by atoms with Gasteiger partial charge in [0.15, 0.2) is 0 Å². The molecule has 0 radical (unpaired) electrons. The summed E-state index contributed by atoms with van der Waals surface area (Å²) in [6.07, 6.45) is 9.17. The molecule has 1 aromatic carbocycles. The zero-order valence-electron chi connectivity index (χ0n) is 16.5. The Morgan fingerprint density at radius 1 is 1.00 bits per heavy atom. The van der Waals surface area contributed by atoms with E-state index in [1.54, 1.807) is 0 Å². The molecule has 1 saturated carbocycles. The van der Waals surface area contributed by atoms with E-state index in [0.717, 1.165) is 48.0 Å². The van der Waals surface area contributed by atoms with Crippen molar-refractivity contribution in [1.29, 1.82) is 0 Å². The maximum atomic E-state index is 12.8. The highest BCUT2D eigenvalue weighted by atomic mass is 16.1. The largest absolute Gasteiger partial charge is 0.348 e. The molecule has 5 nitrogen and oxygen atoms in total. The van der Waals surface area contributed by atoms with Gasteiger partial charge in [-0.25, -0.2) is 9.97 Å². The van der Waals surface area contributed by atoms with E-state index in [0.29, 0.717) is 5.56 Å². The summed E-state index contributed by atoms with van der Waals surface area (Å²) in [5.41, 5.74) is 4.15. The number of aromatic nitrogens is 2. The molecule has 1 unspecified atom stereocenters. The Morgan fingerprint density at radius 2 is 1.70 bits per heavy atom. The molecular formula is C22H30N4O. The Kier molecular flexibility index (Phi) is 5.39. The van der Waals surface area contributed by atoms with E-state index in [1.165, 1.54) is 38.5 Å². The van der Waals surface area contributed by atoms with Crippen LogP contribution >= 0.6 is 0 Å². The van der Waals surface area contributed by atoms with Crippen LogP contribution in [-0.2, 0) is 0 Å². The highest BCUT2D eigenvalue weighted by Gasteiger charge is 2.29. The van der Waals surface area contributed by atoms with Crippen LogP contribution in [-0.4, -0.2) is 45.9 Å². The first kappa shape index (κ1) is 18.4. The second kappa shape index (κ2) is 7.93. The quantitative estimate of drug-likeness (QED) is 0.840. The van der Waals surface area contributed by atoms with Crippen molar-refractivity contribution < 1.29 is 4.79 Å². The zero-order valence-corrected chi connectivity index (χ0v) is 16.5. The summed E-state index contributed by atoms with van der Waals surface area (Å²) in [7, 11) is 0. The van der Waals surface area contributed by atoms with Crippen LogP contribution in [0.15, 0.2) is 18.2 Å². The normalized spacial score (nSPS) is 22.1. The van der Waals surface area contributed by atoms with Gasteiger partial charge in [0.25, 0.3) is 5.91 Å². The molecular weight excluding hydrogens is 336 g/mol. The fraction of sp³-hybridized carbons (Fsp3) is 0.591. The third-order valence-electron chi connectivity index (χ3n) is 6.23. The number of nitrogens with zero attached hydrogens (tertiary/aromatic N) is 3. The molecule has 27 heavy (non-hydrogen) atoms. The second-order valence-corrected chi connectivity index (χ2v) is 8.20. The van der Waals surface area contributed by atoms with Crippen molar-refractivity contribution in [3.8, 4) is 0 Å². The fourth-order valence-electron chi connectivity index (χ4n) is 4.50. The molecule has 1 N–H and O–H groups in total. The van der Waals surface area contributed by atoms with Gasteiger partial charge in [-0.3, -0.25) is 9.69 Å². The van der Waals surface area contributed by atoms with Gasteiger partial charge in [0.05, 0.1) is 22.4 Å². The molecule has 0 bridgehead atoms. The number of likely N-dealkylation sites (tertiary alicyclic amines) is 1. The van der Waals surface area contributed by atoms with Crippen LogP contribution in [0.2, 0.25) is 0 Å². The number of amides is 1. The van der Waals surface area contributed by atoms with E-state index < -0.39 is 0 Å². The summed E-state index contributed by atoms with van der Waals surface area (Å²) >= 11 is 0. The zero-order chi connectivity index (χ0) is 18.8. The maximum Gasteiger partial charge on any atom is 0.251 e. The smallest absolute Gasteiger partial charge is 0.251 e. The minimum absolute atomic E-state index is 0.00430. The number of carbonyl (C=O) groups excluding carboxylic acids is 1. The first-order valence-electron chi connectivity index (χ1n) is 10.4. The molecule has 1 amide bonds. The standard InChI is InChI=1S/C22H30N4O/c1-15-16(2)24-21-13-17(9-10-20(21)23-15)22(27)25-18-11-12-26(14-18)19-7-5-3-4-6-8-19/h9-10,13,18-19H,3-8,11-12,14H2,1-2H3,(H,25,27). The van der Waals surface area contributed by atoms with Crippen LogP contribution in [0.4, 0.5) is 0 Å². The highest BCUT2D eigenvalue weighted by Crippen LogP contribution is 2.25. The lowest BCUT2D eigenvalue weighted by molar-refractivity contribution is 0.0935. The van der Waals surface area contributed by atoms with Crippen molar-refractivity contribution in [2.45, 2.75) is 70.9 Å². The molecule has 1 aliphatic heterocycles. The number of carbonyl (C=O) groups is 1. The molecule has 2 heterocycles. The number of hydrogen-bond acceptors (Lipinski definition) is 4. The van der Waals surface area contributed by atoms with Gasteiger partial charge < -0.3 is 5.32 Å². The molecule has 1 aromatic heterocycles. The minimum atomic E-state index is 0.00430. The van der Waals surface area contributed by atoms with Crippen molar-refractivity contribution in [2.75, 3.05) is 13.1 Å². The van der Waals surface area contributed by atoms with Gasteiger partial charge in [-0.05, 0) is 51.3 Å². The Balaban J connectivity index is 1.40. The van der Waals surface area contributed by atoms with Gasteiger partial charge in [0.2, 0.25) is 0 Å². The lowest BCUT2D eigenvalue weighted by Crippen LogP contribution is -2.39. The Labute approximate surface area is 161 Å².